The van der Waals surface area contributed by atoms with Crippen molar-refractivity contribution in [2.45, 2.75) is 19.3 Å². The van der Waals surface area contributed by atoms with Gasteiger partial charge in [-0.05, 0) is 19.3 Å². The fourth-order valence-corrected chi connectivity index (χ4v) is 1.46. The highest BCUT2D eigenvalue weighted by molar-refractivity contribution is 5.08. The summed E-state index contributed by atoms with van der Waals surface area (Å²) >= 11 is 0. The van der Waals surface area contributed by atoms with E-state index in [1.807, 2.05) is 0 Å². The van der Waals surface area contributed by atoms with E-state index in [0.717, 1.165) is 11.8 Å². The summed E-state index contributed by atoms with van der Waals surface area (Å²) in [6.07, 6.45) is 6.99. The predicted molar refractivity (Wildman–Crippen MR) is 25.1 cm³/mol. The minimum atomic E-state index is 1.09. The Bertz CT molecular complexity index is 58.4. The van der Waals surface area contributed by atoms with Crippen LogP contribution in [0.25, 0.3) is 0 Å². The first-order valence-corrected chi connectivity index (χ1v) is 2.82. The monoisotopic (exact) mass is 81.1 g/mol. The molecule has 2 unspecified atom stereocenters. The van der Waals surface area contributed by atoms with Gasteiger partial charge in [0.25, 0.3) is 0 Å². The molecule has 6 heavy (non-hydrogen) atoms. The third kappa shape index (κ3) is 0.226. The van der Waals surface area contributed by atoms with Gasteiger partial charge in [0.15, 0.2) is 0 Å². The fraction of sp³-hybridized carbons (Fsp3) is 0.833. The number of rotatable bonds is 0. The lowest BCUT2D eigenvalue weighted by molar-refractivity contribution is 0.790. The van der Waals surface area contributed by atoms with Crippen LogP contribution in [0.5, 0.6) is 0 Å². The van der Waals surface area contributed by atoms with Gasteiger partial charge in [-0.2, -0.15) is 0 Å². The quantitative estimate of drug-likeness (QED) is 0.389. The molecule has 0 heteroatoms. The third-order valence-corrected chi connectivity index (χ3v) is 1.98. The van der Waals surface area contributed by atoms with E-state index in [-0.39, 0.29) is 0 Å². The van der Waals surface area contributed by atoms with Gasteiger partial charge < -0.3 is 0 Å². The molecule has 32 valence electrons. The Labute approximate surface area is 38.6 Å². The van der Waals surface area contributed by atoms with E-state index in [9.17, 15) is 0 Å². The van der Waals surface area contributed by atoms with Gasteiger partial charge in [0.05, 0.1) is 6.42 Å². The summed E-state index contributed by atoms with van der Waals surface area (Å²) in [5, 5.41) is 0. The summed E-state index contributed by atoms with van der Waals surface area (Å²) < 4.78 is 0. The van der Waals surface area contributed by atoms with Gasteiger partial charge in [0.1, 0.15) is 11.8 Å². The minimum Gasteiger partial charge on any atom is -0.0443 e. The minimum absolute atomic E-state index is 1.09. The van der Waals surface area contributed by atoms with Crippen LogP contribution in [-0.4, -0.2) is 0 Å². The van der Waals surface area contributed by atoms with Crippen molar-refractivity contribution in [1.29, 1.82) is 0 Å². The topological polar surface area (TPSA) is 0 Å². The van der Waals surface area contributed by atoms with Gasteiger partial charge in [0.2, 0.25) is 0 Å². The largest absolute Gasteiger partial charge is 0.141 e. The molecule has 2 rings (SSSR count). The van der Waals surface area contributed by atoms with Gasteiger partial charge in [-0.25, -0.2) is 0 Å². The Morgan fingerprint density at radius 2 is 1.83 bits per heavy atom. The zero-order valence-corrected chi connectivity index (χ0v) is 3.85. The third-order valence-electron chi connectivity index (χ3n) is 1.98. The van der Waals surface area contributed by atoms with Crippen LogP contribution in [0.2, 0.25) is 0 Å². The van der Waals surface area contributed by atoms with Gasteiger partial charge >= 0.3 is 0 Å². The zero-order chi connectivity index (χ0) is 3.98. The first-order chi connectivity index (χ1) is 2.97. The van der Waals surface area contributed by atoms with Crippen LogP contribution in [0.15, 0.2) is 0 Å². The lowest BCUT2D eigenvalue weighted by atomic mass is 10.3. The number of fused-ring (bicyclic) bond motifs is 1. The van der Waals surface area contributed by atoms with E-state index >= 15 is 0 Å². The van der Waals surface area contributed by atoms with Crippen LogP contribution in [0.3, 0.4) is 0 Å². The molecule has 2 aliphatic rings. The average molecular weight is 81.1 g/mol. The van der Waals surface area contributed by atoms with Crippen molar-refractivity contribution in [1.82, 2.24) is 0 Å². The average Bonchev–Trinajstić information content (AvgIpc) is 2.17. The lowest BCUT2D eigenvalue weighted by Crippen LogP contribution is -1.64. The molecule has 0 heterocycles. The number of hydrogen-bond acceptors (Lipinski definition) is 0. The second kappa shape index (κ2) is 0.749. The summed E-state index contributed by atoms with van der Waals surface area (Å²) in [5.74, 6) is 2.18. The summed E-state index contributed by atoms with van der Waals surface area (Å²) in [4.78, 5) is 0. The molecule has 0 aliphatic heterocycles. The molecule has 0 nitrogen and oxygen atoms in total. The Kier molecular flexibility index (Phi) is 0.368. The summed E-state index contributed by atoms with van der Waals surface area (Å²) in [6.45, 7) is 0. The molecule has 0 aromatic rings. The molecule has 2 saturated carbocycles. The summed E-state index contributed by atoms with van der Waals surface area (Å²) in [5.41, 5.74) is 0. The molecular weight excluding hydrogens is 72.1 g/mol. The van der Waals surface area contributed by atoms with Crippen LogP contribution in [0.1, 0.15) is 19.3 Å². The van der Waals surface area contributed by atoms with Crippen molar-refractivity contribution in [3.05, 3.63) is 6.42 Å². The molecule has 0 N–H and O–H groups in total. The van der Waals surface area contributed by atoms with Crippen molar-refractivity contribution < 1.29 is 0 Å². The van der Waals surface area contributed by atoms with E-state index < -0.39 is 0 Å². The second-order valence-electron chi connectivity index (χ2n) is 2.45. The first-order valence-electron chi connectivity index (χ1n) is 2.82. The van der Waals surface area contributed by atoms with E-state index in [1.54, 1.807) is 0 Å². The molecule has 0 saturated heterocycles. The number of hydrogen-bond donors (Lipinski definition) is 0. The lowest BCUT2D eigenvalue weighted by Gasteiger charge is -1.74. The van der Waals surface area contributed by atoms with Crippen molar-refractivity contribution in [2.75, 3.05) is 0 Å². The van der Waals surface area contributed by atoms with Crippen LogP contribution in [0, 0.1) is 18.3 Å². The fourth-order valence-electron chi connectivity index (χ4n) is 1.46. The van der Waals surface area contributed by atoms with Gasteiger partial charge in [-0.1, -0.05) is 0 Å². The smallest absolute Gasteiger partial charge is 0.0443 e. The van der Waals surface area contributed by atoms with Gasteiger partial charge in [-0.15, -0.1) is 0 Å². The molecule has 0 aromatic carbocycles. The van der Waals surface area contributed by atoms with Gasteiger partial charge in [0, 0.05) is 0 Å². The maximum absolute atomic E-state index is 2.48. The Morgan fingerprint density at radius 3 is 2.00 bits per heavy atom. The molecule has 2 atom stereocenters. The molecule has 0 bridgehead atoms. The highest BCUT2D eigenvalue weighted by atomic mass is 14.5. The molecular formula is C6H9+. The summed E-state index contributed by atoms with van der Waals surface area (Å²) in [6, 6.07) is 0. The van der Waals surface area contributed by atoms with Crippen LogP contribution in [-0.2, 0) is 0 Å². The van der Waals surface area contributed by atoms with Crippen molar-refractivity contribution >= 4 is 0 Å². The van der Waals surface area contributed by atoms with Crippen molar-refractivity contribution in [2.24, 2.45) is 11.8 Å². The van der Waals surface area contributed by atoms with Crippen molar-refractivity contribution in [3.63, 3.8) is 0 Å². The molecule has 2 aliphatic carbocycles. The molecule has 2 fully saturated rings. The highest BCUT2D eigenvalue weighted by Gasteiger charge is 2.53. The Balaban J connectivity index is 2.09. The van der Waals surface area contributed by atoms with Crippen molar-refractivity contribution in [3.8, 4) is 0 Å². The van der Waals surface area contributed by atoms with Crippen LogP contribution >= 0.6 is 0 Å². The SMILES string of the molecule is [CH+]1C2CCCC12. The highest BCUT2D eigenvalue weighted by Crippen LogP contribution is 2.50. The zero-order valence-electron chi connectivity index (χ0n) is 3.85. The molecule has 0 aromatic heterocycles. The predicted octanol–water partition coefficient (Wildman–Crippen LogP) is 1.62. The van der Waals surface area contributed by atoms with E-state index in [1.165, 1.54) is 19.3 Å². The van der Waals surface area contributed by atoms with E-state index in [2.05, 4.69) is 6.42 Å². The normalized spacial score (nSPS) is 50.7. The second-order valence-corrected chi connectivity index (χ2v) is 2.45. The van der Waals surface area contributed by atoms with Crippen LogP contribution < -0.4 is 0 Å². The Hall–Kier alpha value is -0.130. The van der Waals surface area contributed by atoms with E-state index in [0.29, 0.717) is 0 Å². The maximum Gasteiger partial charge on any atom is 0.141 e. The van der Waals surface area contributed by atoms with Crippen LogP contribution in [0.4, 0.5) is 0 Å². The summed E-state index contributed by atoms with van der Waals surface area (Å²) in [7, 11) is 0. The Morgan fingerprint density at radius 1 is 1.17 bits per heavy atom. The first kappa shape index (κ1) is 2.95. The standard InChI is InChI=1S/C6H9/c1-2-5-4-6(5)3-1/h4-6H,1-3H2/q+1. The molecule has 0 spiro atoms. The molecule has 0 amide bonds. The maximum atomic E-state index is 2.48. The molecule has 0 radical (unpaired) electrons. The van der Waals surface area contributed by atoms with Gasteiger partial charge in [-0.3, -0.25) is 0 Å². The van der Waals surface area contributed by atoms with E-state index in [4.69, 9.17) is 0 Å².